The highest BCUT2D eigenvalue weighted by Crippen LogP contribution is 2.22. The summed E-state index contributed by atoms with van der Waals surface area (Å²) in [5.74, 6) is -0.624. The van der Waals surface area contributed by atoms with E-state index in [1.54, 1.807) is 6.07 Å². The Hall–Kier alpha value is -3.47. The van der Waals surface area contributed by atoms with Crippen LogP contribution < -0.4 is 10.6 Å². The molecule has 0 aliphatic rings. The highest BCUT2D eigenvalue weighted by atomic mass is 16.2. The Kier molecular flexibility index (Phi) is 5.84. The van der Waals surface area contributed by atoms with Gasteiger partial charge in [0.2, 0.25) is 0 Å². The minimum absolute atomic E-state index is 0.189. The number of aromatic nitrogens is 1. The first-order valence-electron chi connectivity index (χ1n) is 9.22. The van der Waals surface area contributed by atoms with Crippen LogP contribution in [0.3, 0.4) is 0 Å². The van der Waals surface area contributed by atoms with Crippen molar-refractivity contribution in [3.63, 3.8) is 0 Å². The van der Waals surface area contributed by atoms with Gasteiger partial charge in [0.05, 0.1) is 0 Å². The van der Waals surface area contributed by atoms with E-state index in [0.29, 0.717) is 11.3 Å². The van der Waals surface area contributed by atoms with Gasteiger partial charge in [0, 0.05) is 23.1 Å². The van der Waals surface area contributed by atoms with E-state index in [2.05, 4.69) is 15.6 Å². The number of aryl methyl sites for hydroxylation is 3. The quantitative estimate of drug-likeness (QED) is 0.677. The van der Waals surface area contributed by atoms with Crippen molar-refractivity contribution in [3.8, 4) is 0 Å². The molecule has 1 heterocycles. The molecule has 0 aliphatic carbocycles. The highest BCUT2D eigenvalue weighted by Gasteiger charge is 2.14. The first kappa shape index (κ1) is 19.3. The number of benzene rings is 2. The second-order valence-electron chi connectivity index (χ2n) is 6.67. The molecule has 0 saturated carbocycles. The summed E-state index contributed by atoms with van der Waals surface area (Å²) in [5, 5.41) is 5.78. The number of rotatable bonds is 5. The maximum absolute atomic E-state index is 12.7. The number of hydrogen-bond acceptors (Lipinski definition) is 3. The van der Waals surface area contributed by atoms with Crippen LogP contribution in [0, 0.1) is 13.8 Å². The van der Waals surface area contributed by atoms with Gasteiger partial charge >= 0.3 is 0 Å². The second-order valence-corrected chi connectivity index (χ2v) is 6.67. The van der Waals surface area contributed by atoms with Crippen LogP contribution in [-0.2, 0) is 6.42 Å². The maximum atomic E-state index is 12.7. The second kappa shape index (κ2) is 8.48. The van der Waals surface area contributed by atoms with Crippen molar-refractivity contribution in [3.05, 3.63) is 88.7 Å². The molecule has 0 spiro atoms. The Bertz CT molecular complexity index is 1030. The van der Waals surface area contributed by atoms with Crippen molar-refractivity contribution < 1.29 is 9.59 Å². The fourth-order valence-electron chi connectivity index (χ4n) is 3.00. The summed E-state index contributed by atoms with van der Waals surface area (Å²) >= 11 is 0. The Morgan fingerprint density at radius 3 is 2.46 bits per heavy atom. The lowest BCUT2D eigenvalue weighted by molar-refractivity contribution is 0.102. The van der Waals surface area contributed by atoms with E-state index in [1.165, 1.54) is 12.3 Å². The number of nitrogens with one attached hydrogen (secondary N) is 2. The van der Waals surface area contributed by atoms with Crippen LogP contribution in [-0.4, -0.2) is 16.8 Å². The van der Waals surface area contributed by atoms with E-state index in [4.69, 9.17) is 0 Å². The average Bonchev–Trinajstić information content (AvgIpc) is 2.69. The number of anilines is 2. The molecular weight excluding hydrogens is 350 g/mol. The fraction of sp³-hybridized carbons (Fsp3) is 0.174. The lowest BCUT2D eigenvalue weighted by Gasteiger charge is -2.13. The topological polar surface area (TPSA) is 71.1 Å². The summed E-state index contributed by atoms with van der Waals surface area (Å²) in [6, 6.07) is 16.5. The predicted octanol–water partition coefficient (Wildman–Crippen LogP) is 4.77. The Labute approximate surface area is 164 Å². The zero-order chi connectivity index (χ0) is 20.1. The molecule has 3 aromatic rings. The van der Waals surface area contributed by atoms with Crippen molar-refractivity contribution >= 4 is 23.2 Å². The molecule has 28 heavy (non-hydrogen) atoms. The van der Waals surface area contributed by atoms with E-state index >= 15 is 0 Å². The van der Waals surface area contributed by atoms with Crippen LogP contribution in [0.15, 0.2) is 60.8 Å². The van der Waals surface area contributed by atoms with Crippen molar-refractivity contribution in [1.29, 1.82) is 0 Å². The smallest absolute Gasteiger partial charge is 0.274 e. The van der Waals surface area contributed by atoms with E-state index < -0.39 is 0 Å². The minimum Gasteiger partial charge on any atom is -0.321 e. The number of carbonyl (C=O) groups excluding carboxylic acids is 2. The fourth-order valence-corrected chi connectivity index (χ4v) is 3.00. The molecule has 2 aromatic carbocycles. The molecule has 142 valence electrons. The van der Waals surface area contributed by atoms with Gasteiger partial charge in [-0.3, -0.25) is 14.6 Å². The first-order chi connectivity index (χ1) is 13.5. The molecule has 5 heteroatoms. The van der Waals surface area contributed by atoms with Gasteiger partial charge in [-0.15, -0.1) is 0 Å². The van der Waals surface area contributed by atoms with Crippen molar-refractivity contribution in [2.24, 2.45) is 0 Å². The van der Waals surface area contributed by atoms with E-state index in [0.717, 1.165) is 28.8 Å². The summed E-state index contributed by atoms with van der Waals surface area (Å²) in [4.78, 5) is 29.4. The first-order valence-corrected chi connectivity index (χ1v) is 9.22. The molecule has 1 aromatic heterocycles. The monoisotopic (exact) mass is 373 g/mol. The lowest BCUT2D eigenvalue weighted by atomic mass is 10.1. The van der Waals surface area contributed by atoms with Gasteiger partial charge in [-0.2, -0.15) is 0 Å². The summed E-state index contributed by atoms with van der Waals surface area (Å²) < 4.78 is 0. The number of carbonyl (C=O) groups is 2. The van der Waals surface area contributed by atoms with Gasteiger partial charge in [-0.25, -0.2) is 0 Å². The summed E-state index contributed by atoms with van der Waals surface area (Å²) in [6.45, 7) is 5.96. The number of para-hydroxylation sites is 1. The van der Waals surface area contributed by atoms with Gasteiger partial charge in [-0.05, 0) is 61.2 Å². The highest BCUT2D eigenvalue weighted by molar-refractivity contribution is 6.08. The third kappa shape index (κ3) is 4.43. The average molecular weight is 373 g/mol. The third-order valence-electron chi connectivity index (χ3n) is 4.51. The lowest BCUT2D eigenvalue weighted by Crippen LogP contribution is -2.18. The minimum atomic E-state index is -0.356. The normalized spacial score (nSPS) is 10.4. The standard InChI is InChI=1S/C23H23N3O2/c1-4-17-9-6-8-16(3)21(17)26-22(27)18-11-12-24-20(14-18)23(28)25-19-10-5-7-15(2)13-19/h5-14H,4H2,1-3H3,(H,25,28)(H,26,27). The zero-order valence-electron chi connectivity index (χ0n) is 16.2. The molecule has 3 rings (SSSR count). The molecule has 2 amide bonds. The van der Waals surface area contributed by atoms with Crippen LogP contribution in [0.2, 0.25) is 0 Å². The van der Waals surface area contributed by atoms with Crippen molar-refractivity contribution in [1.82, 2.24) is 4.98 Å². The third-order valence-corrected chi connectivity index (χ3v) is 4.51. The van der Waals surface area contributed by atoms with Crippen LogP contribution in [0.5, 0.6) is 0 Å². The van der Waals surface area contributed by atoms with Crippen LogP contribution in [0.4, 0.5) is 11.4 Å². The Balaban J connectivity index is 1.79. The van der Waals surface area contributed by atoms with Gasteiger partial charge in [0.15, 0.2) is 0 Å². The molecule has 2 N–H and O–H groups in total. The van der Waals surface area contributed by atoms with Crippen LogP contribution in [0.25, 0.3) is 0 Å². The van der Waals surface area contributed by atoms with Crippen molar-refractivity contribution in [2.75, 3.05) is 10.6 Å². The Morgan fingerprint density at radius 2 is 1.71 bits per heavy atom. The number of amides is 2. The molecule has 0 bridgehead atoms. The largest absolute Gasteiger partial charge is 0.321 e. The predicted molar refractivity (Wildman–Crippen MR) is 112 cm³/mol. The van der Waals surface area contributed by atoms with Gasteiger partial charge < -0.3 is 10.6 Å². The van der Waals surface area contributed by atoms with Gasteiger partial charge in [0.25, 0.3) is 11.8 Å². The molecule has 0 atom stereocenters. The number of pyridine rings is 1. The molecular formula is C23H23N3O2. The molecule has 0 radical (unpaired) electrons. The van der Waals surface area contributed by atoms with Gasteiger partial charge in [0.1, 0.15) is 5.69 Å². The van der Waals surface area contributed by atoms with Gasteiger partial charge in [-0.1, -0.05) is 37.3 Å². The summed E-state index contributed by atoms with van der Waals surface area (Å²) in [5.41, 5.74) is 5.19. The molecule has 0 saturated heterocycles. The van der Waals surface area contributed by atoms with Crippen LogP contribution in [0.1, 0.15) is 44.5 Å². The van der Waals surface area contributed by atoms with Crippen LogP contribution >= 0.6 is 0 Å². The molecule has 0 fully saturated rings. The van der Waals surface area contributed by atoms with Crippen molar-refractivity contribution in [2.45, 2.75) is 27.2 Å². The van der Waals surface area contributed by atoms with E-state index in [1.807, 2.05) is 63.2 Å². The number of nitrogens with zero attached hydrogens (tertiary/aromatic N) is 1. The molecule has 5 nitrogen and oxygen atoms in total. The summed E-state index contributed by atoms with van der Waals surface area (Å²) in [7, 11) is 0. The zero-order valence-corrected chi connectivity index (χ0v) is 16.2. The molecule has 0 unspecified atom stereocenters. The maximum Gasteiger partial charge on any atom is 0.274 e. The number of hydrogen-bond donors (Lipinski definition) is 2. The Morgan fingerprint density at radius 1 is 0.929 bits per heavy atom. The summed E-state index contributed by atoms with van der Waals surface area (Å²) in [6.07, 6.45) is 2.29. The van der Waals surface area contributed by atoms with E-state index in [9.17, 15) is 9.59 Å². The van der Waals surface area contributed by atoms with E-state index in [-0.39, 0.29) is 17.5 Å². The SMILES string of the molecule is CCc1cccc(C)c1NC(=O)c1ccnc(C(=O)Nc2cccc(C)c2)c1. The molecule has 0 aliphatic heterocycles.